The Morgan fingerprint density at radius 3 is 1.01 bits per heavy atom. The van der Waals surface area contributed by atoms with E-state index in [1.165, 1.54) is 270 Å². The van der Waals surface area contributed by atoms with Crippen LogP contribution in [-0.2, 0) is 0 Å². The highest BCUT2D eigenvalue weighted by Crippen LogP contribution is 2.65. The van der Waals surface area contributed by atoms with Crippen LogP contribution in [0.5, 0.6) is 0 Å². The minimum atomic E-state index is 0.523. The fraction of sp³-hybridized carbons (Fsp3) is 1.00. The Hall–Kier alpha value is -0.240. The fourth-order valence-electron chi connectivity index (χ4n) is 20.5. The zero-order valence-electron chi connectivity index (χ0n) is 48.1. The van der Waals surface area contributed by atoms with Crippen LogP contribution in [0, 0.1) is 71.0 Å². The van der Waals surface area contributed by atoms with Crippen LogP contribution in [0.4, 0.5) is 0 Å². The van der Waals surface area contributed by atoms with Crippen molar-refractivity contribution < 1.29 is 0 Å². The molecule has 10 unspecified atom stereocenters. The molecule has 414 valence electrons. The highest BCUT2D eigenvalue weighted by atomic mass is 15.3. The van der Waals surface area contributed by atoms with Gasteiger partial charge in [0.25, 0.3) is 0 Å². The largest absolute Gasteiger partial charge is 0.302 e. The Bertz CT molecular complexity index is 1400. The summed E-state index contributed by atoms with van der Waals surface area (Å²) < 4.78 is 0. The van der Waals surface area contributed by atoms with Crippen molar-refractivity contribution in [3.05, 3.63) is 0 Å². The van der Waals surface area contributed by atoms with Gasteiger partial charge in [0.15, 0.2) is 0 Å². The summed E-state index contributed by atoms with van der Waals surface area (Å²) in [4.78, 5) is 6.96. The third kappa shape index (κ3) is 13.3. The van der Waals surface area contributed by atoms with E-state index in [2.05, 4.69) is 58.8 Å². The normalized spacial score (nSPS) is 42.4. The minimum Gasteiger partial charge on any atom is -0.302 e. The molecule has 0 spiro atoms. The van der Waals surface area contributed by atoms with Crippen molar-refractivity contribution in [3.63, 3.8) is 0 Å². The summed E-state index contributed by atoms with van der Waals surface area (Å²) in [6, 6.07) is 4.91. The van der Waals surface area contributed by atoms with E-state index in [-0.39, 0.29) is 0 Å². The van der Waals surface area contributed by atoms with Crippen LogP contribution >= 0.6 is 0 Å². The van der Waals surface area contributed by atoms with Gasteiger partial charge < -0.3 is 21.3 Å². The van der Waals surface area contributed by atoms with Crippen molar-refractivity contribution in [1.82, 2.24) is 31.1 Å². The molecule has 10 fully saturated rings. The monoisotopic (exact) mass is 997 g/mol. The van der Waals surface area contributed by atoms with E-state index in [0.29, 0.717) is 12.3 Å². The molecule has 10 aliphatic rings. The minimum absolute atomic E-state index is 0.523. The van der Waals surface area contributed by atoms with Crippen molar-refractivity contribution in [2.24, 2.45) is 71.0 Å². The summed E-state index contributed by atoms with van der Waals surface area (Å²) in [6.45, 7) is 14.8. The molecule has 2 saturated heterocycles. The first kappa shape index (κ1) is 55.1. The second-order valence-electron chi connectivity index (χ2n) is 28.6. The quantitative estimate of drug-likeness (QED) is 0.0811. The van der Waals surface area contributed by atoms with Crippen molar-refractivity contribution in [1.29, 1.82) is 0 Å². The summed E-state index contributed by atoms with van der Waals surface area (Å²) in [5, 5.41) is 17.0. The van der Waals surface area contributed by atoms with Gasteiger partial charge in [-0.15, -0.1) is 0 Å². The van der Waals surface area contributed by atoms with Gasteiger partial charge in [0, 0.05) is 36.3 Å². The molecule has 0 bridgehead atoms. The molecule has 6 nitrogen and oxygen atoms in total. The maximum absolute atomic E-state index is 4.25. The van der Waals surface area contributed by atoms with Crippen molar-refractivity contribution >= 4 is 0 Å². The Labute approximate surface area is 446 Å². The van der Waals surface area contributed by atoms with Crippen LogP contribution in [0.2, 0.25) is 0 Å². The van der Waals surface area contributed by atoms with Crippen LogP contribution in [0.1, 0.15) is 272 Å². The van der Waals surface area contributed by atoms with Gasteiger partial charge in [-0.1, -0.05) is 118 Å². The number of hydrogen-bond acceptors (Lipinski definition) is 6. The van der Waals surface area contributed by atoms with Crippen LogP contribution in [0.15, 0.2) is 0 Å². The van der Waals surface area contributed by atoms with Gasteiger partial charge in [-0.2, -0.15) is 0 Å². The average molecular weight is 998 g/mol. The van der Waals surface area contributed by atoms with E-state index >= 15 is 0 Å². The van der Waals surface area contributed by atoms with Crippen LogP contribution < -0.4 is 21.3 Å². The number of hydrogen-bond donors (Lipinski definition) is 4. The molecule has 8 saturated carbocycles. The standard InChI is InChI=1S/C66H120N6/c1-5-7-9-11-13-15-19-49-25-33-53(34-26-49)71(51-29-21-47(3)22-30-51)61-45-59(65-67-41-17-42-68-65)55-38-40-58-62(46-60(66-69-43-18-44-70-66)56-37-39-57(61)63(55)64(56)58)72(52-31-23-48(4)24-32-52)54-35-27-50(28-36-54)20-16-14-12-10-8-6-2/h47-70H,5-46H2,1-4H3. The molecule has 2 heterocycles. The molecule has 0 amide bonds. The second-order valence-corrected chi connectivity index (χ2v) is 28.6. The predicted molar refractivity (Wildman–Crippen MR) is 306 cm³/mol. The summed E-state index contributed by atoms with van der Waals surface area (Å²) >= 11 is 0. The lowest BCUT2D eigenvalue weighted by atomic mass is 9.42. The van der Waals surface area contributed by atoms with Gasteiger partial charge >= 0.3 is 0 Å². The van der Waals surface area contributed by atoms with Crippen LogP contribution in [-0.4, -0.2) is 84.6 Å². The highest BCUT2D eigenvalue weighted by molar-refractivity contribution is 5.14. The molecule has 10 atom stereocenters. The number of nitrogens with zero attached hydrogens (tertiary/aromatic N) is 2. The molecule has 0 aromatic carbocycles. The Kier molecular flexibility index (Phi) is 21.1. The maximum atomic E-state index is 4.25. The van der Waals surface area contributed by atoms with Gasteiger partial charge in [0.05, 0.1) is 12.3 Å². The molecule has 0 aromatic rings. The zero-order chi connectivity index (χ0) is 49.2. The molecule has 10 rings (SSSR count). The number of nitrogens with one attached hydrogen (secondary N) is 4. The van der Waals surface area contributed by atoms with E-state index < -0.39 is 0 Å². The van der Waals surface area contributed by atoms with Crippen LogP contribution in [0.25, 0.3) is 0 Å². The molecule has 4 N–H and O–H groups in total. The summed E-state index contributed by atoms with van der Waals surface area (Å²) in [7, 11) is 0. The number of rotatable bonds is 22. The molecular weight excluding hydrogens is 877 g/mol. The maximum Gasteiger partial charge on any atom is 0.0604 e. The van der Waals surface area contributed by atoms with Crippen molar-refractivity contribution in [2.45, 2.75) is 320 Å². The fourth-order valence-corrected chi connectivity index (χ4v) is 20.5. The lowest BCUT2D eigenvalue weighted by molar-refractivity contribution is -0.185. The predicted octanol–water partition coefficient (Wildman–Crippen LogP) is 15.2. The molecule has 6 heteroatoms. The molecular formula is C66H120N6. The van der Waals surface area contributed by atoms with Gasteiger partial charge in [-0.25, -0.2) is 0 Å². The lowest BCUT2D eigenvalue weighted by Crippen LogP contribution is -2.70. The van der Waals surface area contributed by atoms with Gasteiger partial charge in [-0.3, -0.25) is 9.80 Å². The smallest absolute Gasteiger partial charge is 0.0604 e. The first-order chi connectivity index (χ1) is 35.5. The first-order valence-electron chi connectivity index (χ1n) is 34.0. The van der Waals surface area contributed by atoms with Crippen molar-refractivity contribution in [2.75, 3.05) is 26.2 Å². The molecule has 2 aliphatic heterocycles. The topological polar surface area (TPSA) is 54.6 Å². The Morgan fingerprint density at radius 1 is 0.333 bits per heavy atom. The van der Waals surface area contributed by atoms with E-state index in [0.717, 1.165) is 107 Å². The second kappa shape index (κ2) is 27.6. The molecule has 72 heavy (non-hydrogen) atoms. The third-order valence-electron chi connectivity index (χ3n) is 24.2. The SMILES string of the molecule is CCCCCCCCC1CCC(N(C2CCC(C)CC2)C2CC(C3NCCCN3)C3CCC4C5C(CCC2C35)C(C2NCCCN2)CC4N(C2CCC(C)CC2)C2CCC(CCCCCCCC)CC2)CC1. The number of unbranched alkanes of at least 4 members (excludes halogenated alkanes) is 10. The van der Waals surface area contributed by atoms with E-state index in [9.17, 15) is 0 Å². The Morgan fingerprint density at radius 2 is 0.653 bits per heavy atom. The average Bonchev–Trinajstić information content (AvgIpc) is 3.42. The van der Waals surface area contributed by atoms with Gasteiger partial charge in [-0.05, 0) is 251 Å². The third-order valence-corrected chi connectivity index (χ3v) is 24.2. The van der Waals surface area contributed by atoms with E-state index in [1.54, 1.807) is 0 Å². The van der Waals surface area contributed by atoms with Gasteiger partial charge in [0.2, 0.25) is 0 Å². The molecule has 0 radical (unpaired) electrons. The zero-order valence-corrected chi connectivity index (χ0v) is 48.1. The summed E-state index contributed by atoms with van der Waals surface area (Å²) in [5.74, 6) is 10.9. The molecule has 8 aliphatic carbocycles. The Balaban J connectivity index is 0.948. The van der Waals surface area contributed by atoms with Crippen LogP contribution in [0.3, 0.4) is 0 Å². The lowest BCUT2D eigenvalue weighted by Gasteiger charge is -2.68. The summed E-state index contributed by atoms with van der Waals surface area (Å²) in [6.07, 6.45) is 57.1. The van der Waals surface area contributed by atoms with Crippen molar-refractivity contribution in [3.8, 4) is 0 Å². The highest BCUT2D eigenvalue weighted by Gasteiger charge is 2.63. The van der Waals surface area contributed by atoms with E-state index in [1.807, 2.05) is 0 Å². The van der Waals surface area contributed by atoms with Gasteiger partial charge in [0.1, 0.15) is 0 Å². The summed E-state index contributed by atoms with van der Waals surface area (Å²) in [5.41, 5.74) is 0. The first-order valence-corrected chi connectivity index (χ1v) is 34.0. The van der Waals surface area contributed by atoms with E-state index in [4.69, 9.17) is 0 Å². The molecule has 0 aromatic heterocycles.